The van der Waals surface area contributed by atoms with Crippen LogP contribution in [0.15, 0.2) is 42.6 Å². The van der Waals surface area contributed by atoms with E-state index in [0.717, 1.165) is 11.1 Å². The van der Waals surface area contributed by atoms with Crippen LogP contribution in [-0.2, 0) is 51.3 Å². The normalized spacial score (nSPS) is 27.6. The highest BCUT2D eigenvalue weighted by molar-refractivity contribution is 5.95. The fraction of sp³-hybridized carbons (Fsp3) is 0.605. The number of rotatable bonds is 11. The molecule has 2 bridgehead atoms. The highest BCUT2D eigenvalue weighted by atomic mass is 16.6. The highest BCUT2D eigenvalue weighted by Crippen LogP contribution is 2.45. The van der Waals surface area contributed by atoms with Gasteiger partial charge in [0, 0.05) is 18.9 Å². The van der Waals surface area contributed by atoms with Crippen molar-refractivity contribution in [3.8, 4) is 0 Å². The Kier molecular flexibility index (Phi) is 12.1. The summed E-state index contributed by atoms with van der Waals surface area (Å²) in [5.41, 5.74) is 1.08. The van der Waals surface area contributed by atoms with E-state index in [0.29, 0.717) is 18.7 Å². The Morgan fingerprint density at radius 1 is 1.13 bits per heavy atom. The maximum Gasteiger partial charge on any atom is 0.328 e. The van der Waals surface area contributed by atoms with E-state index in [-0.39, 0.29) is 68.0 Å². The Hall–Kier alpha value is -4.63. The number of piperazine rings is 1. The van der Waals surface area contributed by atoms with Crippen molar-refractivity contribution in [1.29, 1.82) is 0 Å². The van der Waals surface area contributed by atoms with Gasteiger partial charge in [-0.1, -0.05) is 63.2 Å². The van der Waals surface area contributed by atoms with Gasteiger partial charge in [0.05, 0.1) is 49.9 Å². The average molecular weight is 737 g/mol. The van der Waals surface area contributed by atoms with Gasteiger partial charge in [0.2, 0.25) is 17.7 Å². The van der Waals surface area contributed by atoms with Gasteiger partial charge in [0.1, 0.15) is 30.0 Å². The number of nitrogens with zero attached hydrogens (tertiary/aromatic N) is 4. The summed E-state index contributed by atoms with van der Waals surface area (Å²) in [4.78, 5) is 66.2. The summed E-state index contributed by atoms with van der Waals surface area (Å²) in [7, 11) is 0. The monoisotopic (exact) mass is 736 g/mol. The zero-order chi connectivity index (χ0) is 38.7. The summed E-state index contributed by atoms with van der Waals surface area (Å²) in [6, 6.07) is 5.61. The van der Waals surface area contributed by atoms with Crippen molar-refractivity contribution in [3.05, 3.63) is 59.4 Å². The van der Waals surface area contributed by atoms with Crippen LogP contribution in [0.4, 0.5) is 0 Å². The number of esters is 1. The molecule has 2 saturated heterocycles. The Bertz CT molecular complexity index is 1700. The first-order valence-electron chi connectivity index (χ1n) is 18.1. The number of carbonyl (C=O) groups is 5. The molecule has 0 spiro atoms. The maximum absolute atomic E-state index is 13.9. The van der Waals surface area contributed by atoms with Crippen LogP contribution in [0, 0.1) is 16.7 Å². The number of hydrogen-bond acceptors (Lipinski definition) is 10. The minimum atomic E-state index is -1.15. The minimum absolute atomic E-state index is 0.0776. The Labute approximate surface area is 309 Å². The van der Waals surface area contributed by atoms with E-state index in [1.807, 2.05) is 52.0 Å². The number of nitrogens with one attached hydrogen (secondary N) is 2. The van der Waals surface area contributed by atoms with Crippen molar-refractivity contribution in [2.75, 3.05) is 13.2 Å². The molecule has 15 nitrogen and oxygen atoms in total. The number of aromatic nitrogens is 3. The zero-order valence-corrected chi connectivity index (χ0v) is 31.5. The Balaban J connectivity index is 1.29. The molecule has 2 fully saturated rings. The lowest BCUT2D eigenvalue weighted by Gasteiger charge is -2.43. The SMILES string of the molecule is CC(C1OC1c1ccc(Cn2cc(COCCC(=O)O)nn2)cc1)[C@@H]1C/C=C/C(=O)N2C[C@H](NC(=O)[C@H]2C)C(C)(C)C(=O)NC(CC(C)(C)C)C(=O)O1. The summed E-state index contributed by atoms with van der Waals surface area (Å²) in [6.45, 7) is 13.8. The quantitative estimate of drug-likeness (QED) is 0.174. The second-order valence-electron chi connectivity index (χ2n) is 16.1. The van der Waals surface area contributed by atoms with Crippen molar-refractivity contribution in [3.63, 3.8) is 0 Å². The lowest BCUT2D eigenvalue weighted by Crippen LogP contribution is -2.66. The molecule has 0 aliphatic carbocycles. The maximum atomic E-state index is 13.9. The predicted molar refractivity (Wildman–Crippen MR) is 191 cm³/mol. The third-order valence-electron chi connectivity index (χ3n) is 10.2. The number of fused-ring (bicyclic) bond motifs is 2. The summed E-state index contributed by atoms with van der Waals surface area (Å²) in [5.74, 6) is -2.88. The van der Waals surface area contributed by atoms with Crippen LogP contribution in [0.1, 0.15) is 90.7 Å². The van der Waals surface area contributed by atoms with E-state index in [9.17, 15) is 24.0 Å². The van der Waals surface area contributed by atoms with Gasteiger partial charge in [0.15, 0.2) is 0 Å². The lowest BCUT2D eigenvalue weighted by molar-refractivity contribution is -0.158. The number of carboxylic acids is 1. The smallest absolute Gasteiger partial charge is 0.328 e. The number of carboxylic acid groups (broad SMARTS) is 1. The second kappa shape index (κ2) is 16.2. The van der Waals surface area contributed by atoms with Crippen LogP contribution in [0.5, 0.6) is 0 Å². The van der Waals surface area contributed by atoms with Crippen molar-refractivity contribution in [2.24, 2.45) is 16.7 Å². The first kappa shape index (κ1) is 39.6. The fourth-order valence-electron chi connectivity index (χ4n) is 6.65. The molecule has 3 amide bonds. The molecule has 4 unspecified atom stereocenters. The van der Waals surface area contributed by atoms with Crippen molar-refractivity contribution < 1.29 is 43.3 Å². The zero-order valence-electron chi connectivity index (χ0n) is 31.5. The first-order chi connectivity index (χ1) is 24.9. The van der Waals surface area contributed by atoms with Crippen LogP contribution < -0.4 is 10.6 Å². The molecule has 1 aromatic carbocycles. The van der Waals surface area contributed by atoms with Gasteiger partial charge in [-0.25, -0.2) is 9.48 Å². The standard InChI is InChI=1S/C38H52N6O9/c1-22(32-33(53-32)25-13-11-24(12-14-25)18-43-19-26(41-42-43)21-51-16-15-31(46)47)28-9-8-10-30(45)44-20-29(40-34(48)23(44)2)38(6,7)36(50)39-27(35(49)52-28)17-37(3,4)5/h8,10-14,19,22-23,27-29,32-33H,9,15-18,20-21H2,1-7H3,(H,39,50)(H,40,48)(H,46,47)/b10-8+/t22?,23-,27?,28+,29+,32?,33?/m1/s1. The average Bonchev–Trinajstić information content (AvgIpc) is 3.76. The van der Waals surface area contributed by atoms with Crippen LogP contribution >= 0.6 is 0 Å². The van der Waals surface area contributed by atoms with E-state index in [1.54, 1.807) is 37.7 Å². The van der Waals surface area contributed by atoms with E-state index in [2.05, 4.69) is 20.9 Å². The van der Waals surface area contributed by atoms with E-state index in [1.165, 1.54) is 11.0 Å². The molecule has 5 rings (SSSR count). The van der Waals surface area contributed by atoms with Gasteiger partial charge in [0.25, 0.3) is 0 Å². The molecule has 53 heavy (non-hydrogen) atoms. The third kappa shape index (κ3) is 10.1. The number of carbonyl (C=O) groups excluding carboxylic acids is 4. The minimum Gasteiger partial charge on any atom is -0.481 e. The van der Waals surface area contributed by atoms with Crippen LogP contribution in [-0.4, -0.2) is 98.1 Å². The lowest BCUT2D eigenvalue weighted by atomic mass is 9.80. The topological polar surface area (TPSA) is 195 Å². The van der Waals surface area contributed by atoms with Crippen molar-refractivity contribution in [1.82, 2.24) is 30.5 Å². The summed E-state index contributed by atoms with van der Waals surface area (Å²) in [6.07, 6.45) is 4.18. The van der Waals surface area contributed by atoms with Gasteiger partial charge in [-0.15, -0.1) is 5.10 Å². The Morgan fingerprint density at radius 3 is 2.53 bits per heavy atom. The molecule has 15 heteroatoms. The first-order valence-corrected chi connectivity index (χ1v) is 18.1. The third-order valence-corrected chi connectivity index (χ3v) is 10.2. The van der Waals surface area contributed by atoms with Crippen LogP contribution in [0.3, 0.4) is 0 Å². The number of cyclic esters (lactones) is 1. The molecule has 0 saturated carbocycles. The highest BCUT2D eigenvalue weighted by Gasteiger charge is 2.49. The fourth-order valence-corrected chi connectivity index (χ4v) is 6.65. The van der Waals surface area contributed by atoms with Crippen molar-refractivity contribution >= 4 is 29.7 Å². The van der Waals surface area contributed by atoms with Gasteiger partial charge in [-0.3, -0.25) is 19.2 Å². The van der Waals surface area contributed by atoms with Gasteiger partial charge < -0.3 is 34.9 Å². The van der Waals surface area contributed by atoms with Crippen LogP contribution in [0.2, 0.25) is 0 Å². The summed E-state index contributed by atoms with van der Waals surface area (Å²) < 4.78 is 19.4. The molecule has 4 heterocycles. The van der Waals surface area contributed by atoms with Crippen molar-refractivity contribution in [2.45, 2.75) is 117 Å². The molecule has 7 atom stereocenters. The molecule has 0 radical (unpaired) electrons. The van der Waals surface area contributed by atoms with E-state index >= 15 is 0 Å². The second-order valence-corrected chi connectivity index (χ2v) is 16.1. The molecule has 3 aliphatic heterocycles. The number of benzene rings is 1. The summed E-state index contributed by atoms with van der Waals surface area (Å²) >= 11 is 0. The Morgan fingerprint density at radius 2 is 1.85 bits per heavy atom. The molecule has 3 aliphatic rings. The van der Waals surface area contributed by atoms with E-state index in [4.69, 9.17) is 19.3 Å². The van der Waals surface area contributed by atoms with Gasteiger partial charge in [-0.2, -0.15) is 0 Å². The summed E-state index contributed by atoms with van der Waals surface area (Å²) in [5, 5.41) is 22.8. The number of epoxide rings is 1. The molecular weight excluding hydrogens is 684 g/mol. The van der Waals surface area contributed by atoms with Gasteiger partial charge >= 0.3 is 11.9 Å². The molecule has 288 valence electrons. The number of hydrogen-bond donors (Lipinski definition) is 3. The molecule has 1 aromatic heterocycles. The number of ether oxygens (including phenoxy) is 3. The number of aliphatic carboxylic acids is 1. The van der Waals surface area contributed by atoms with Crippen LogP contribution in [0.25, 0.3) is 0 Å². The molecular formula is C38H52N6O9. The largest absolute Gasteiger partial charge is 0.481 e. The predicted octanol–water partition coefficient (Wildman–Crippen LogP) is 2.93. The molecule has 3 N–H and O–H groups in total. The van der Waals surface area contributed by atoms with E-state index < -0.39 is 47.5 Å². The molecule has 2 aromatic rings. The van der Waals surface area contributed by atoms with Gasteiger partial charge in [-0.05, 0) is 49.8 Å². The number of amides is 3.